The number of aliphatic imine (C=N–C) groups is 1. The predicted octanol–water partition coefficient (Wildman–Crippen LogP) is 2.72. The molecule has 0 radical (unpaired) electrons. The number of rotatable bonds is 2. The first-order chi connectivity index (χ1) is 6.99. The lowest BCUT2D eigenvalue weighted by Gasteiger charge is -2.07. The second-order valence-corrected chi connectivity index (χ2v) is 4.22. The van der Waals surface area contributed by atoms with Crippen LogP contribution in [0.25, 0.3) is 0 Å². The molecule has 0 aliphatic carbocycles. The van der Waals surface area contributed by atoms with Crippen molar-refractivity contribution < 1.29 is 4.39 Å². The quantitative estimate of drug-likeness (QED) is 0.643. The predicted molar refractivity (Wildman–Crippen MR) is 64.5 cm³/mol. The van der Waals surface area contributed by atoms with Crippen molar-refractivity contribution in [1.82, 2.24) is 0 Å². The lowest BCUT2D eigenvalue weighted by Crippen LogP contribution is -2.23. The number of anilines is 1. The number of guanidine groups is 1. The summed E-state index contributed by atoms with van der Waals surface area (Å²) in [6.45, 7) is 3.85. The van der Waals surface area contributed by atoms with Crippen molar-refractivity contribution in [2.75, 3.05) is 5.32 Å². The summed E-state index contributed by atoms with van der Waals surface area (Å²) in [7, 11) is 0. The zero-order valence-electron chi connectivity index (χ0n) is 8.59. The maximum atomic E-state index is 12.9. The Morgan fingerprint density at radius 1 is 1.53 bits per heavy atom. The van der Waals surface area contributed by atoms with Gasteiger partial charge in [0, 0.05) is 11.7 Å². The minimum atomic E-state index is -0.306. The van der Waals surface area contributed by atoms with Crippen molar-refractivity contribution in [2.45, 2.75) is 19.9 Å². The van der Waals surface area contributed by atoms with Gasteiger partial charge in [-0.15, -0.1) is 0 Å². The number of nitrogens with zero attached hydrogens (tertiary/aromatic N) is 1. The summed E-state index contributed by atoms with van der Waals surface area (Å²) in [6, 6.07) is 4.69. The Morgan fingerprint density at radius 2 is 2.20 bits per heavy atom. The molecule has 1 aromatic carbocycles. The molecule has 0 bridgehead atoms. The van der Waals surface area contributed by atoms with Gasteiger partial charge < -0.3 is 11.1 Å². The molecule has 0 amide bonds. The minimum absolute atomic E-state index is 0.126. The van der Waals surface area contributed by atoms with Gasteiger partial charge in [0.15, 0.2) is 5.96 Å². The van der Waals surface area contributed by atoms with E-state index in [4.69, 9.17) is 5.73 Å². The molecule has 0 saturated heterocycles. The fraction of sp³-hybridized carbons (Fsp3) is 0.300. The van der Waals surface area contributed by atoms with E-state index in [2.05, 4.69) is 26.2 Å². The smallest absolute Gasteiger partial charge is 0.193 e. The number of nitrogens with two attached hydrogens (primary N) is 1. The zero-order chi connectivity index (χ0) is 11.4. The molecule has 0 saturated carbocycles. The van der Waals surface area contributed by atoms with Gasteiger partial charge in [0.05, 0.1) is 4.47 Å². The van der Waals surface area contributed by atoms with E-state index >= 15 is 0 Å². The lowest BCUT2D eigenvalue weighted by molar-refractivity contribution is 0.621. The van der Waals surface area contributed by atoms with Crippen LogP contribution >= 0.6 is 15.9 Å². The van der Waals surface area contributed by atoms with Gasteiger partial charge in [-0.05, 0) is 48.0 Å². The Hall–Kier alpha value is -1.10. The summed E-state index contributed by atoms with van der Waals surface area (Å²) < 4.78 is 13.3. The van der Waals surface area contributed by atoms with E-state index < -0.39 is 0 Å². The molecule has 3 N–H and O–H groups in total. The monoisotopic (exact) mass is 273 g/mol. The van der Waals surface area contributed by atoms with Gasteiger partial charge in [0.25, 0.3) is 0 Å². The van der Waals surface area contributed by atoms with Crippen LogP contribution in [-0.4, -0.2) is 12.0 Å². The first kappa shape index (κ1) is 12.0. The van der Waals surface area contributed by atoms with Crippen molar-refractivity contribution in [3.8, 4) is 0 Å². The summed E-state index contributed by atoms with van der Waals surface area (Å²) >= 11 is 3.09. The van der Waals surface area contributed by atoms with Gasteiger partial charge >= 0.3 is 0 Å². The van der Waals surface area contributed by atoms with Crippen LogP contribution in [0.5, 0.6) is 0 Å². The maximum Gasteiger partial charge on any atom is 0.193 e. The number of hydrogen-bond donors (Lipinski definition) is 2. The Balaban J connectivity index is 2.77. The van der Waals surface area contributed by atoms with Crippen LogP contribution < -0.4 is 11.1 Å². The average Bonchev–Trinajstić information content (AvgIpc) is 2.10. The van der Waals surface area contributed by atoms with Gasteiger partial charge in [-0.3, -0.25) is 4.99 Å². The molecule has 0 atom stereocenters. The molecule has 82 valence electrons. The molecule has 0 spiro atoms. The molecular weight excluding hydrogens is 261 g/mol. The molecule has 5 heteroatoms. The van der Waals surface area contributed by atoms with Crippen LogP contribution in [0.1, 0.15) is 13.8 Å². The van der Waals surface area contributed by atoms with Crippen LogP contribution in [0, 0.1) is 5.82 Å². The number of nitrogens with one attached hydrogen (secondary N) is 1. The fourth-order valence-corrected chi connectivity index (χ4v) is 1.41. The molecule has 0 aliphatic heterocycles. The van der Waals surface area contributed by atoms with Gasteiger partial charge in [0.2, 0.25) is 0 Å². The fourth-order valence-electron chi connectivity index (χ4n) is 1.03. The lowest BCUT2D eigenvalue weighted by atomic mass is 10.3. The summed E-state index contributed by atoms with van der Waals surface area (Å²) in [5.41, 5.74) is 6.32. The average molecular weight is 274 g/mol. The van der Waals surface area contributed by atoms with Gasteiger partial charge in [-0.25, -0.2) is 4.39 Å². The first-order valence-electron chi connectivity index (χ1n) is 4.54. The molecule has 1 aromatic rings. The SMILES string of the molecule is CC(C)N=C(N)Nc1ccc(F)c(Br)c1. The van der Waals surface area contributed by atoms with Gasteiger partial charge in [0.1, 0.15) is 5.82 Å². The van der Waals surface area contributed by atoms with Crippen LogP contribution in [-0.2, 0) is 0 Å². The highest BCUT2D eigenvalue weighted by Crippen LogP contribution is 2.19. The first-order valence-corrected chi connectivity index (χ1v) is 5.33. The molecule has 0 aromatic heterocycles. The third kappa shape index (κ3) is 3.87. The highest BCUT2D eigenvalue weighted by Gasteiger charge is 2.01. The van der Waals surface area contributed by atoms with Crippen molar-refractivity contribution in [1.29, 1.82) is 0 Å². The topological polar surface area (TPSA) is 50.4 Å². The van der Waals surface area contributed by atoms with E-state index in [0.717, 1.165) is 0 Å². The highest BCUT2D eigenvalue weighted by molar-refractivity contribution is 9.10. The van der Waals surface area contributed by atoms with Crippen molar-refractivity contribution in [3.05, 3.63) is 28.5 Å². The molecule has 0 heterocycles. The third-order valence-corrected chi connectivity index (χ3v) is 2.20. The zero-order valence-corrected chi connectivity index (χ0v) is 10.2. The second kappa shape index (κ2) is 5.11. The van der Waals surface area contributed by atoms with E-state index in [-0.39, 0.29) is 11.9 Å². The molecule has 3 nitrogen and oxygen atoms in total. The van der Waals surface area contributed by atoms with Crippen LogP contribution in [0.3, 0.4) is 0 Å². The molecule has 0 unspecified atom stereocenters. The number of benzene rings is 1. The second-order valence-electron chi connectivity index (χ2n) is 3.36. The molecule has 15 heavy (non-hydrogen) atoms. The molecule has 0 aliphatic rings. The summed E-state index contributed by atoms with van der Waals surface area (Å²) in [4.78, 5) is 4.10. The third-order valence-electron chi connectivity index (χ3n) is 1.59. The van der Waals surface area contributed by atoms with E-state index in [9.17, 15) is 4.39 Å². The molecular formula is C10H13BrFN3. The summed E-state index contributed by atoms with van der Waals surface area (Å²) in [5, 5.41) is 2.87. The Bertz CT molecular complexity index is 377. The Labute approximate surface area is 96.7 Å². The van der Waals surface area contributed by atoms with E-state index in [1.807, 2.05) is 13.8 Å². The van der Waals surface area contributed by atoms with E-state index in [1.54, 1.807) is 12.1 Å². The van der Waals surface area contributed by atoms with Crippen LogP contribution in [0.2, 0.25) is 0 Å². The summed E-state index contributed by atoms with van der Waals surface area (Å²) in [6.07, 6.45) is 0. The van der Waals surface area contributed by atoms with Crippen LogP contribution in [0.15, 0.2) is 27.7 Å². The van der Waals surface area contributed by atoms with Gasteiger partial charge in [-0.2, -0.15) is 0 Å². The Kier molecular flexibility index (Phi) is 4.08. The van der Waals surface area contributed by atoms with E-state index in [0.29, 0.717) is 16.1 Å². The van der Waals surface area contributed by atoms with Gasteiger partial charge in [-0.1, -0.05) is 0 Å². The minimum Gasteiger partial charge on any atom is -0.370 e. The van der Waals surface area contributed by atoms with Crippen molar-refractivity contribution in [2.24, 2.45) is 10.7 Å². The summed E-state index contributed by atoms with van der Waals surface area (Å²) in [5.74, 6) is 0.0171. The van der Waals surface area contributed by atoms with Crippen molar-refractivity contribution in [3.63, 3.8) is 0 Å². The highest BCUT2D eigenvalue weighted by atomic mass is 79.9. The maximum absolute atomic E-state index is 12.9. The number of halogens is 2. The largest absolute Gasteiger partial charge is 0.370 e. The standard InChI is InChI=1S/C10H13BrFN3/c1-6(2)14-10(13)15-7-3-4-9(12)8(11)5-7/h3-6H,1-2H3,(H3,13,14,15). The Morgan fingerprint density at radius 3 is 2.73 bits per heavy atom. The molecule has 0 fully saturated rings. The number of hydrogen-bond acceptors (Lipinski definition) is 1. The van der Waals surface area contributed by atoms with Crippen LogP contribution in [0.4, 0.5) is 10.1 Å². The van der Waals surface area contributed by atoms with Crippen molar-refractivity contribution >= 4 is 27.6 Å². The molecule has 1 rings (SSSR count). The van der Waals surface area contributed by atoms with E-state index in [1.165, 1.54) is 6.07 Å². The normalized spacial score (nSPS) is 11.9.